The molecule has 3 rings (SSSR count). The van der Waals surface area contributed by atoms with Gasteiger partial charge in [-0.05, 0) is 47.5 Å². The molecule has 0 heterocycles. The highest BCUT2D eigenvalue weighted by Crippen LogP contribution is 2.38. The maximum absolute atomic E-state index is 12.6. The van der Waals surface area contributed by atoms with Crippen molar-refractivity contribution in [1.82, 2.24) is 5.43 Å². The molecule has 9 heteroatoms. The first-order valence-electron chi connectivity index (χ1n) is 10.1. The molecule has 3 aromatic carbocycles. The van der Waals surface area contributed by atoms with Crippen LogP contribution in [0.25, 0.3) is 0 Å². The monoisotopic (exact) mass is 464 g/mol. The number of benzene rings is 3. The van der Waals surface area contributed by atoms with Gasteiger partial charge >= 0.3 is 5.97 Å². The summed E-state index contributed by atoms with van der Waals surface area (Å²) < 4.78 is 21.2. The number of aliphatic hydroxyl groups is 1. The molecule has 0 fully saturated rings. The smallest absolute Gasteiger partial charge is 0.343 e. The summed E-state index contributed by atoms with van der Waals surface area (Å²) in [6, 6.07) is 18.0. The van der Waals surface area contributed by atoms with Crippen LogP contribution in [0, 0.1) is 0 Å². The van der Waals surface area contributed by atoms with Crippen molar-refractivity contribution in [3.63, 3.8) is 0 Å². The Morgan fingerprint density at radius 3 is 2.09 bits per heavy atom. The third-order valence-corrected chi connectivity index (χ3v) is 4.74. The predicted molar refractivity (Wildman–Crippen MR) is 125 cm³/mol. The van der Waals surface area contributed by atoms with Gasteiger partial charge in [0.2, 0.25) is 5.75 Å². The van der Waals surface area contributed by atoms with Crippen LogP contribution >= 0.6 is 0 Å². The molecule has 1 unspecified atom stereocenters. The molecule has 176 valence electrons. The lowest BCUT2D eigenvalue weighted by atomic mass is 10.1. The molecular weight excluding hydrogens is 440 g/mol. The van der Waals surface area contributed by atoms with Crippen molar-refractivity contribution in [3.05, 3.63) is 83.4 Å². The van der Waals surface area contributed by atoms with Crippen molar-refractivity contribution >= 4 is 18.1 Å². The van der Waals surface area contributed by atoms with Gasteiger partial charge < -0.3 is 24.1 Å². The van der Waals surface area contributed by atoms with E-state index in [0.717, 1.165) is 0 Å². The third-order valence-electron chi connectivity index (χ3n) is 4.74. The van der Waals surface area contributed by atoms with Crippen molar-refractivity contribution in [2.45, 2.75) is 6.10 Å². The highest BCUT2D eigenvalue weighted by molar-refractivity contribution is 5.93. The molecule has 1 amide bonds. The number of esters is 1. The van der Waals surface area contributed by atoms with Gasteiger partial charge in [0.15, 0.2) is 17.6 Å². The van der Waals surface area contributed by atoms with E-state index in [-0.39, 0.29) is 5.56 Å². The van der Waals surface area contributed by atoms with Gasteiger partial charge in [0.25, 0.3) is 5.91 Å². The molecule has 0 spiro atoms. The molecule has 0 aliphatic carbocycles. The summed E-state index contributed by atoms with van der Waals surface area (Å²) in [6.07, 6.45) is 0.0794. The second-order valence-electron chi connectivity index (χ2n) is 6.92. The van der Waals surface area contributed by atoms with Gasteiger partial charge in [0.05, 0.1) is 33.1 Å². The van der Waals surface area contributed by atoms with Crippen LogP contribution in [0.2, 0.25) is 0 Å². The van der Waals surface area contributed by atoms with E-state index in [2.05, 4.69) is 10.5 Å². The summed E-state index contributed by atoms with van der Waals surface area (Å²) in [5.41, 5.74) is 3.62. The molecule has 0 aliphatic heterocycles. The first-order valence-corrected chi connectivity index (χ1v) is 10.1. The van der Waals surface area contributed by atoms with Crippen LogP contribution < -0.4 is 24.4 Å². The number of amides is 1. The standard InChI is InChI=1S/C25H24N2O7/c1-31-20-13-18(14-21(32-2)23(20)33-3)25(30)34-19-11-9-16(10-12-19)15-26-27-24(29)22(28)17-7-5-4-6-8-17/h4-15,22,28H,1-3H3,(H,27,29). The van der Waals surface area contributed by atoms with Crippen LogP contribution in [-0.4, -0.2) is 44.5 Å². The number of carbonyl (C=O) groups is 2. The number of methoxy groups -OCH3 is 3. The van der Waals surface area contributed by atoms with Crippen LogP contribution in [0.1, 0.15) is 27.6 Å². The lowest BCUT2D eigenvalue weighted by molar-refractivity contribution is -0.129. The topological polar surface area (TPSA) is 116 Å². The normalized spacial score (nSPS) is 11.5. The van der Waals surface area contributed by atoms with Crippen LogP contribution in [0.4, 0.5) is 0 Å². The summed E-state index contributed by atoms with van der Waals surface area (Å²) in [6.45, 7) is 0. The quantitative estimate of drug-likeness (QED) is 0.216. The molecule has 0 radical (unpaired) electrons. The summed E-state index contributed by atoms with van der Waals surface area (Å²) >= 11 is 0. The van der Waals surface area contributed by atoms with Gasteiger partial charge in [0.1, 0.15) is 5.75 Å². The first kappa shape index (κ1) is 24.3. The SMILES string of the molecule is COc1cc(C(=O)Oc2ccc(C=NNC(=O)C(O)c3ccccc3)cc2)cc(OC)c1OC. The summed E-state index contributed by atoms with van der Waals surface area (Å²) in [5, 5.41) is 13.9. The molecule has 2 N–H and O–H groups in total. The fourth-order valence-corrected chi connectivity index (χ4v) is 3.01. The van der Waals surface area contributed by atoms with E-state index in [0.29, 0.717) is 34.1 Å². The molecule has 0 aromatic heterocycles. The molecule has 1 atom stereocenters. The van der Waals surface area contributed by atoms with Crippen molar-refractivity contribution in [2.24, 2.45) is 5.10 Å². The van der Waals surface area contributed by atoms with E-state index in [1.54, 1.807) is 54.6 Å². The Balaban J connectivity index is 1.61. The fourth-order valence-electron chi connectivity index (χ4n) is 3.01. The minimum absolute atomic E-state index is 0.222. The van der Waals surface area contributed by atoms with E-state index in [4.69, 9.17) is 18.9 Å². The van der Waals surface area contributed by atoms with Crippen molar-refractivity contribution in [3.8, 4) is 23.0 Å². The number of hydrogen-bond donors (Lipinski definition) is 2. The van der Waals surface area contributed by atoms with Crippen LogP contribution in [0.5, 0.6) is 23.0 Å². The van der Waals surface area contributed by atoms with E-state index < -0.39 is 18.0 Å². The zero-order valence-corrected chi connectivity index (χ0v) is 18.8. The van der Waals surface area contributed by atoms with Gasteiger partial charge in [-0.1, -0.05) is 30.3 Å². The number of aliphatic hydroxyl groups excluding tert-OH is 1. The highest BCUT2D eigenvalue weighted by Gasteiger charge is 2.18. The average molecular weight is 464 g/mol. The lowest BCUT2D eigenvalue weighted by Gasteiger charge is -2.13. The van der Waals surface area contributed by atoms with E-state index in [1.165, 1.54) is 39.7 Å². The van der Waals surface area contributed by atoms with Gasteiger partial charge in [-0.2, -0.15) is 5.10 Å². The van der Waals surface area contributed by atoms with Crippen LogP contribution in [0.3, 0.4) is 0 Å². The largest absolute Gasteiger partial charge is 0.493 e. The zero-order chi connectivity index (χ0) is 24.5. The Hall–Kier alpha value is -4.37. The second-order valence-corrected chi connectivity index (χ2v) is 6.92. The maximum Gasteiger partial charge on any atom is 0.343 e. The fraction of sp³-hybridized carbons (Fsp3) is 0.160. The molecule has 0 bridgehead atoms. The van der Waals surface area contributed by atoms with Crippen LogP contribution in [-0.2, 0) is 4.79 Å². The predicted octanol–water partition coefficient (Wildman–Crippen LogP) is 3.12. The summed E-state index contributed by atoms with van der Waals surface area (Å²) in [5.74, 6) is 0.0776. The van der Waals surface area contributed by atoms with Crippen LogP contribution in [0.15, 0.2) is 71.8 Å². The van der Waals surface area contributed by atoms with Crippen molar-refractivity contribution < 1.29 is 33.6 Å². The van der Waals surface area contributed by atoms with E-state index in [1.807, 2.05) is 0 Å². The molecule has 0 saturated heterocycles. The molecule has 3 aromatic rings. The van der Waals surface area contributed by atoms with Crippen molar-refractivity contribution in [2.75, 3.05) is 21.3 Å². The third kappa shape index (κ3) is 5.90. The number of rotatable bonds is 9. The molecule has 0 saturated carbocycles. The molecule has 0 aliphatic rings. The van der Waals surface area contributed by atoms with E-state index in [9.17, 15) is 14.7 Å². The summed E-state index contributed by atoms with van der Waals surface area (Å²) in [7, 11) is 4.38. The van der Waals surface area contributed by atoms with Gasteiger partial charge in [-0.15, -0.1) is 0 Å². The number of nitrogens with one attached hydrogen (secondary N) is 1. The number of carbonyl (C=O) groups excluding carboxylic acids is 2. The number of hydrazone groups is 1. The molecular formula is C25H24N2O7. The van der Waals surface area contributed by atoms with Gasteiger partial charge in [-0.3, -0.25) is 4.79 Å². The summed E-state index contributed by atoms with van der Waals surface area (Å²) in [4.78, 5) is 24.6. The van der Waals surface area contributed by atoms with E-state index >= 15 is 0 Å². The Bertz CT molecular complexity index is 1140. The Kier molecular flexibility index (Phi) is 8.20. The Morgan fingerprint density at radius 2 is 1.53 bits per heavy atom. The average Bonchev–Trinajstić information content (AvgIpc) is 2.88. The Labute approximate surface area is 196 Å². The minimum atomic E-state index is -1.32. The molecule has 34 heavy (non-hydrogen) atoms. The maximum atomic E-state index is 12.6. The number of nitrogens with zero attached hydrogens (tertiary/aromatic N) is 1. The second kappa shape index (κ2) is 11.5. The minimum Gasteiger partial charge on any atom is -0.493 e. The first-order chi connectivity index (χ1) is 16.5. The van der Waals surface area contributed by atoms with Gasteiger partial charge in [0, 0.05) is 0 Å². The van der Waals surface area contributed by atoms with Gasteiger partial charge in [-0.25, -0.2) is 10.2 Å². The highest BCUT2D eigenvalue weighted by atomic mass is 16.5. The number of ether oxygens (including phenoxy) is 4. The number of hydrogen-bond acceptors (Lipinski definition) is 8. The van der Waals surface area contributed by atoms with Crippen molar-refractivity contribution in [1.29, 1.82) is 0 Å². The molecule has 9 nitrogen and oxygen atoms in total. The zero-order valence-electron chi connectivity index (χ0n) is 18.8. The Morgan fingerprint density at radius 1 is 0.912 bits per heavy atom. The lowest BCUT2D eigenvalue weighted by Crippen LogP contribution is -2.25.